The Hall–Kier alpha value is -1.94. The van der Waals surface area contributed by atoms with Crippen molar-refractivity contribution in [2.75, 3.05) is 6.61 Å². The van der Waals surface area contributed by atoms with E-state index in [4.69, 9.17) is 16.2 Å². The molecular formula is C22H30N2O. The maximum atomic E-state index is 6.40. The molecule has 3 nitrogen and oxygen atoms in total. The van der Waals surface area contributed by atoms with Crippen LogP contribution in [0.4, 0.5) is 0 Å². The number of nitrogens with two attached hydrogens (primary N) is 2. The fourth-order valence-corrected chi connectivity index (χ4v) is 2.93. The SMILES string of the molecule is C=C(C)COC(CCCc1ccccc1)CC(N)(N)c1ccccc1. The van der Waals surface area contributed by atoms with Crippen molar-refractivity contribution in [3.05, 3.63) is 83.9 Å². The lowest BCUT2D eigenvalue weighted by Gasteiger charge is -2.30. The van der Waals surface area contributed by atoms with Gasteiger partial charge in [-0.1, -0.05) is 72.8 Å². The molecule has 2 aromatic carbocycles. The number of ether oxygens (including phenoxy) is 1. The number of rotatable bonds is 10. The van der Waals surface area contributed by atoms with E-state index in [1.54, 1.807) is 0 Å². The fraction of sp³-hybridized carbons (Fsp3) is 0.364. The predicted octanol–water partition coefficient (Wildman–Crippen LogP) is 4.13. The van der Waals surface area contributed by atoms with Crippen molar-refractivity contribution >= 4 is 0 Å². The van der Waals surface area contributed by atoms with Crippen LogP contribution in [0, 0.1) is 0 Å². The first kappa shape index (κ1) is 19.4. The van der Waals surface area contributed by atoms with Crippen molar-refractivity contribution in [1.82, 2.24) is 0 Å². The Bertz CT molecular complexity index is 638. The van der Waals surface area contributed by atoms with Gasteiger partial charge in [-0.2, -0.15) is 0 Å². The molecular weight excluding hydrogens is 308 g/mol. The van der Waals surface area contributed by atoms with E-state index in [2.05, 4.69) is 30.8 Å². The van der Waals surface area contributed by atoms with Crippen LogP contribution in [-0.2, 0) is 16.8 Å². The van der Waals surface area contributed by atoms with E-state index in [1.807, 2.05) is 43.3 Å². The quantitative estimate of drug-likeness (QED) is 0.506. The third-order valence-corrected chi connectivity index (χ3v) is 4.28. The molecule has 1 atom stereocenters. The fourth-order valence-electron chi connectivity index (χ4n) is 2.93. The molecule has 3 heteroatoms. The van der Waals surface area contributed by atoms with E-state index >= 15 is 0 Å². The molecule has 0 aliphatic carbocycles. The molecule has 0 saturated carbocycles. The lowest BCUT2D eigenvalue weighted by molar-refractivity contribution is 0.0385. The number of benzene rings is 2. The van der Waals surface area contributed by atoms with Crippen molar-refractivity contribution in [1.29, 1.82) is 0 Å². The van der Waals surface area contributed by atoms with E-state index in [-0.39, 0.29) is 6.10 Å². The zero-order valence-corrected chi connectivity index (χ0v) is 15.2. The Morgan fingerprint density at radius 1 is 1.04 bits per heavy atom. The summed E-state index contributed by atoms with van der Waals surface area (Å²) in [4.78, 5) is 0. The highest BCUT2D eigenvalue weighted by molar-refractivity contribution is 5.22. The summed E-state index contributed by atoms with van der Waals surface area (Å²) in [6.45, 7) is 6.43. The summed E-state index contributed by atoms with van der Waals surface area (Å²) in [5.74, 6) is 0. The van der Waals surface area contributed by atoms with Crippen LogP contribution in [0.2, 0.25) is 0 Å². The van der Waals surface area contributed by atoms with Crippen LogP contribution in [0.3, 0.4) is 0 Å². The normalized spacial score (nSPS) is 12.8. The van der Waals surface area contributed by atoms with E-state index in [9.17, 15) is 0 Å². The lowest BCUT2D eigenvalue weighted by atomic mass is 9.92. The zero-order chi connectivity index (χ0) is 18.1. The highest BCUT2D eigenvalue weighted by Crippen LogP contribution is 2.22. The Morgan fingerprint density at radius 2 is 1.64 bits per heavy atom. The number of hydrogen-bond donors (Lipinski definition) is 2. The van der Waals surface area contributed by atoms with Crippen LogP contribution in [0.5, 0.6) is 0 Å². The highest BCUT2D eigenvalue weighted by Gasteiger charge is 2.26. The van der Waals surface area contributed by atoms with E-state index in [1.165, 1.54) is 5.56 Å². The molecule has 0 aliphatic heterocycles. The first-order valence-corrected chi connectivity index (χ1v) is 8.90. The summed E-state index contributed by atoms with van der Waals surface area (Å²) in [6.07, 6.45) is 3.58. The summed E-state index contributed by atoms with van der Waals surface area (Å²) in [5, 5.41) is 0. The van der Waals surface area contributed by atoms with Gasteiger partial charge in [0.05, 0.1) is 18.4 Å². The van der Waals surface area contributed by atoms with Crippen molar-refractivity contribution in [3.63, 3.8) is 0 Å². The van der Waals surface area contributed by atoms with Crippen LogP contribution < -0.4 is 11.5 Å². The van der Waals surface area contributed by atoms with Gasteiger partial charge < -0.3 is 16.2 Å². The molecule has 0 heterocycles. The van der Waals surface area contributed by atoms with Crippen molar-refractivity contribution in [2.45, 2.75) is 44.4 Å². The van der Waals surface area contributed by atoms with Gasteiger partial charge >= 0.3 is 0 Å². The van der Waals surface area contributed by atoms with Gasteiger partial charge in [0, 0.05) is 6.42 Å². The molecule has 2 rings (SSSR count). The molecule has 0 fully saturated rings. The average molecular weight is 338 g/mol. The van der Waals surface area contributed by atoms with Gasteiger partial charge in [0.25, 0.3) is 0 Å². The van der Waals surface area contributed by atoms with Crippen LogP contribution in [0.25, 0.3) is 0 Å². The summed E-state index contributed by atoms with van der Waals surface area (Å²) in [5.41, 5.74) is 15.2. The summed E-state index contributed by atoms with van der Waals surface area (Å²) < 4.78 is 6.04. The van der Waals surface area contributed by atoms with Gasteiger partial charge in [0.2, 0.25) is 0 Å². The molecule has 134 valence electrons. The molecule has 0 aliphatic rings. The van der Waals surface area contributed by atoms with Gasteiger partial charge in [-0.25, -0.2) is 0 Å². The molecule has 0 saturated heterocycles. The molecule has 2 aromatic rings. The minimum absolute atomic E-state index is 0.00983. The van der Waals surface area contributed by atoms with Gasteiger partial charge in [-0.15, -0.1) is 0 Å². The Balaban J connectivity index is 1.95. The van der Waals surface area contributed by atoms with Gasteiger partial charge in [0.15, 0.2) is 0 Å². The third-order valence-electron chi connectivity index (χ3n) is 4.28. The van der Waals surface area contributed by atoms with Crippen LogP contribution in [-0.4, -0.2) is 12.7 Å². The first-order chi connectivity index (χ1) is 12.0. The Labute approximate surface area is 151 Å². The number of aryl methyl sites for hydroxylation is 1. The van der Waals surface area contributed by atoms with E-state index in [0.717, 1.165) is 30.4 Å². The second-order valence-corrected chi connectivity index (χ2v) is 6.88. The first-order valence-electron chi connectivity index (χ1n) is 8.90. The van der Waals surface area contributed by atoms with Crippen LogP contribution in [0.1, 0.15) is 37.3 Å². The maximum Gasteiger partial charge on any atom is 0.0924 e. The van der Waals surface area contributed by atoms with Crippen LogP contribution >= 0.6 is 0 Å². The van der Waals surface area contributed by atoms with Crippen molar-refractivity contribution in [3.8, 4) is 0 Å². The molecule has 0 aromatic heterocycles. The molecule has 0 bridgehead atoms. The Morgan fingerprint density at radius 3 is 2.24 bits per heavy atom. The lowest BCUT2D eigenvalue weighted by Crippen LogP contribution is -2.49. The molecule has 0 radical (unpaired) electrons. The average Bonchev–Trinajstić information content (AvgIpc) is 2.61. The summed E-state index contributed by atoms with van der Waals surface area (Å²) >= 11 is 0. The zero-order valence-electron chi connectivity index (χ0n) is 15.2. The highest BCUT2D eigenvalue weighted by atomic mass is 16.5. The predicted molar refractivity (Wildman–Crippen MR) is 105 cm³/mol. The minimum Gasteiger partial charge on any atom is -0.374 e. The largest absolute Gasteiger partial charge is 0.374 e. The van der Waals surface area contributed by atoms with Crippen LogP contribution in [0.15, 0.2) is 72.8 Å². The smallest absolute Gasteiger partial charge is 0.0924 e. The molecule has 0 spiro atoms. The van der Waals surface area contributed by atoms with Crippen molar-refractivity contribution < 1.29 is 4.74 Å². The van der Waals surface area contributed by atoms with E-state index in [0.29, 0.717) is 13.0 Å². The Kier molecular flexibility index (Phi) is 7.38. The second kappa shape index (κ2) is 9.52. The minimum atomic E-state index is -0.895. The summed E-state index contributed by atoms with van der Waals surface area (Å²) in [7, 11) is 0. The number of hydrogen-bond acceptors (Lipinski definition) is 3. The van der Waals surface area contributed by atoms with Gasteiger partial charge in [-0.05, 0) is 37.3 Å². The molecule has 0 amide bonds. The third kappa shape index (κ3) is 6.83. The molecule has 1 unspecified atom stereocenters. The molecule has 4 N–H and O–H groups in total. The standard InChI is InChI=1S/C22H30N2O/c1-18(2)17-25-21(15-9-12-19-10-5-3-6-11-19)16-22(23,24)20-13-7-4-8-14-20/h3-8,10-11,13-14,21H,1,9,12,15-17,23-24H2,2H3. The summed E-state index contributed by atoms with van der Waals surface area (Å²) in [6, 6.07) is 20.3. The maximum absolute atomic E-state index is 6.40. The molecule has 25 heavy (non-hydrogen) atoms. The topological polar surface area (TPSA) is 61.3 Å². The second-order valence-electron chi connectivity index (χ2n) is 6.88. The van der Waals surface area contributed by atoms with Gasteiger partial charge in [-0.3, -0.25) is 0 Å². The van der Waals surface area contributed by atoms with Gasteiger partial charge in [0.1, 0.15) is 0 Å². The van der Waals surface area contributed by atoms with E-state index < -0.39 is 5.66 Å². The van der Waals surface area contributed by atoms with Crippen molar-refractivity contribution in [2.24, 2.45) is 11.5 Å². The monoisotopic (exact) mass is 338 g/mol.